The van der Waals surface area contributed by atoms with E-state index in [4.69, 9.17) is 4.74 Å². The Morgan fingerprint density at radius 1 is 1.24 bits per heavy atom. The number of nitrogens with one attached hydrogen (secondary N) is 1. The second kappa shape index (κ2) is 9.62. The zero-order chi connectivity index (χ0) is 24.6. The summed E-state index contributed by atoms with van der Waals surface area (Å²) in [5.41, 5.74) is 1.78. The molecule has 3 aromatic rings. The Bertz CT molecular complexity index is 1260. The molecule has 2 atom stereocenters. The van der Waals surface area contributed by atoms with Crippen LogP contribution in [0.2, 0.25) is 0 Å². The van der Waals surface area contributed by atoms with Crippen LogP contribution in [0.1, 0.15) is 62.6 Å². The van der Waals surface area contributed by atoms with Crippen molar-refractivity contribution in [2.45, 2.75) is 71.1 Å². The summed E-state index contributed by atoms with van der Waals surface area (Å²) in [4.78, 5) is 27.3. The minimum atomic E-state index is -0.593. The second-order valence-electron chi connectivity index (χ2n) is 9.20. The maximum Gasteiger partial charge on any atom is 0.272 e. The van der Waals surface area contributed by atoms with Crippen LogP contribution in [0.25, 0.3) is 16.6 Å². The van der Waals surface area contributed by atoms with Gasteiger partial charge in [0.2, 0.25) is 0 Å². The van der Waals surface area contributed by atoms with Crippen LogP contribution in [0.15, 0.2) is 35.1 Å². The van der Waals surface area contributed by atoms with Crippen molar-refractivity contribution in [3.05, 3.63) is 57.9 Å². The number of hydrogen-bond acceptors (Lipinski definition) is 4. The molecule has 0 bridgehead atoms. The lowest BCUT2D eigenvalue weighted by Crippen LogP contribution is -2.45. The molecule has 0 spiro atoms. The van der Waals surface area contributed by atoms with Crippen molar-refractivity contribution >= 4 is 16.8 Å². The third-order valence-electron chi connectivity index (χ3n) is 6.46. The Labute approximate surface area is 198 Å². The number of aliphatic hydroxyl groups is 1. The largest absolute Gasteiger partial charge is 0.488 e. The molecule has 0 aliphatic heterocycles. The summed E-state index contributed by atoms with van der Waals surface area (Å²) >= 11 is 0. The summed E-state index contributed by atoms with van der Waals surface area (Å²) in [6, 6.07) is 7.29. The Morgan fingerprint density at radius 2 is 1.91 bits per heavy atom. The van der Waals surface area contributed by atoms with Gasteiger partial charge in [-0.1, -0.05) is 19.8 Å². The number of hydrogen-bond donors (Lipinski definition) is 2. The minimum absolute atomic E-state index is 0.221. The molecule has 2 N–H and O–H groups in total. The Balaban J connectivity index is 1.92. The van der Waals surface area contributed by atoms with Gasteiger partial charge in [0, 0.05) is 18.4 Å². The highest BCUT2D eigenvalue weighted by Gasteiger charge is 2.31. The molecular formula is C26H32FN3O4. The molecule has 1 amide bonds. The maximum atomic E-state index is 13.8. The summed E-state index contributed by atoms with van der Waals surface area (Å²) in [5, 5.41) is 13.6. The summed E-state index contributed by atoms with van der Waals surface area (Å²) in [6.07, 6.45) is 2.92. The van der Waals surface area contributed by atoms with Crippen molar-refractivity contribution < 1.29 is 19.0 Å². The highest BCUT2D eigenvalue weighted by atomic mass is 19.1. The van der Waals surface area contributed by atoms with E-state index in [0.29, 0.717) is 35.9 Å². The molecule has 1 aliphatic carbocycles. The van der Waals surface area contributed by atoms with Crippen LogP contribution in [0.3, 0.4) is 0 Å². The molecule has 8 heteroatoms. The van der Waals surface area contributed by atoms with Crippen molar-refractivity contribution in [1.82, 2.24) is 14.5 Å². The number of halogens is 1. The highest BCUT2D eigenvalue weighted by molar-refractivity contribution is 6.04. The molecule has 1 saturated carbocycles. The number of aromatic nitrogens is 2. The summed E-state index contributed by atoms with van der Waals surface area (Å²) in [6.45, 7) is 5.61. The average Bonchev–Trinajstić information content (AvgIpc) is 3.07. The molecule has 1 aliphatic rings. The second-order valence-corrected chi connectivity index (χ2v) is 9.20. The molecule has 1 fully saturated rings. The first-order valence-corrected chi connectivity index (χ1v) is 11.9. The van der Waals surface area contributed by atoms with Gasteiger partial charge in [-0.15, -0.1) is 0 Å². The number of rotatable bonds is 6. The van der Waals surface area contributed by atoms with Gasteiger partial charge in [-0.25, -0.2) is 4.39 Å². The molecule has 2 aromatic heterocycles. The number of ether oxygens (including phenoxy) is 1. The number of aryl methyl sites for hydroxylation is 2. The van der Waals surface area contributed by atoms with E-state index in [1.165, 1.54) is 12.1 Å². The smallest absolute Gasteiger partial charge is 0.272 e. The van der Waals surface area contributed by atoms with E-state index in [1.54, 1.807) is 28.3 Å². The third kappa shape index (κ3) is 4.34. The van der Waals surface area contributed by atoms with E-state index in [1.807, 2.05) is 26.8 Å². The highest BCUT2D eigenvalue weighted by Crippen LogP contribution is 2.33. The monoisotopic (exact) mass is 469 g/mol. The topological polar surface area (TPSA) is 85.5 Å². The molecule has 2 heterocycles. The third-order valence-corrected chi connectivity index (χ3v) is 6.46. The number of aliphatic hydroxyl groups excluding tert-OH is 1. The lowest BCUT2D eigenvalue weighted by atomic mass is 9.92. The van der Waals surface area contributed by atoms with Crippen molar-refractivity contribution in [3.8, 4) is 11.4 Å². The molecular weight excluding hydrogens is 437 g/mol. The molecule has 34 heavy (non-hydrogen) atoms. The normalized spacial score (nSPS) is 18.4. The van der Waals surface area contributed by atoms with E-state index in [9.17, 15) is 19.1 Å². The van der Waals surface area contributed by atoms with Crippen LogP contribution in [-0.4, -0.2) is 38.4 Å². The Hall–Kier alpha value is -3.13. The maximum absolute atomic E-state index is 13.8. The van der Waals surface area contributed by atoms with Crippen LogP contribution in [0.5, 0.6) is 5.75 Å². The first kappa shape index (κ1) is 24.0. The lowest BCUT2D eigenvalue weighted by Gasteiger charge is -2.28. The molecule has 1 unspecified atom stereocenters. The van der Waals surface area contributed by atoms with E-state index in [0.717, 1.165) is 18.5 Å². The summed E-state index contributed by atoms with van der Waals surface area (Å²) in [5.74, 6) is -0.548. The fraction of sp³-hybridized carbons (Fsp3) is 0.462. The number of fused-ring (bicyclic) bond motifs is 1. The van der Waals surface area contributed by atoms with Gasteiger partial charge in [0.05, 0.1) is 23.8 Å². The molecule has 4 rings (SSSR count). The van der Waals surface area contributed by atoms with Gasteiger partial charge in [0.15, 0.2) is 11.4 Å². The van der Waals surface area contributed by atoms with Gasteiger partial charge in [0.25, 0.3) is 11.5 Å². The van der Waals surface area contributed by atoms with E-state index >= 15 is 0 Å². The summed E-state index contributed by atoms with van der Waals surface area (Å²) in [7, 11) is 1.74. The van der Waals surface area contributed by atoms with Crippen molar-refractivity contribution in [2.24, 2.45) is 7.05 Å². The first-order valence-electron chi connectivity index (χ1n) is 11.9. The number of pyridine rings is 1. The fourth-order valence-corrected chi connectivity index (χ4v) is 4.77. The molecule has 7 nitrogen and oxygen atoms in total. The van der Waals surface area contributed by atoms with E-state index in [2.05, 4.69) is 5.32 Å². The zero-order valence-corrected chi connectivity index (χ0v) is 20.1. The molecule has 0 radical (unpaired) electrons. The lowest BCUT2D eigenvalue weighted by molar-refractivity contribution is 0.0708. The minimum Gasteiger partial charge on any atom is -0.488 e. The van der Waals surface area contributed by atoms with Gasteiger partial charge < -0.3 is 19.7 Å². The molecule has 1 aromatic carbocycles. The van der Waals surface area contributed by atoms with Crippen molar-refractivity contribution in [1.29, 1.82) is 0 Å². The van der Waals surface area contributed by atoms with Crippen LogP contribution in [-0.2, 0) is 13.5 Å². The quantitative estimate of drug-likeness (QED) is 0.574. The fourth-order valence-electron chi connectivity index (χ4n) is 4.77. The molecule has 0 saturated heterocycles. The number of carbonyl (C=O) groups is 1. The van der Waals surface area contributed by atoms with Gasteiger partial charge in [-0.2, -0.15) is 0 Å². The van der Waals surface area contributed by atoms with Gasteiger partial charge in [0.1, 0.15) is 11.2 Å². The Morgan fingerprint density at radius 3 is 2.53 bits per heavy atom. The summed E-state index contributed by atoms with van der Waals surface area (Å²) < 4.78 is 22.8. The van der Waals surface area contributed by atoms with Crippen LogP contribution in [0, 0.1) is 5.82 Å². The van der Waals surface area contributed by atoms with E-state index in [-0.39, 0.29) is 40.9 Å². The van der Waals surface area contributed by atoms with Gasteiger partial charge in [-0.3, -0.25) is 14.2 Å². The van der Waals surface area contributed by atoms with Crippen LogP contribution < -0.4 is 15.6 Å². The van der Waals surface area contributed by atoms with Crippen LogP contribution in [0.4, 0.5) is 4.39 Å². The van der Waals surface area contributed by atoms with Gasteiger partial charge in [-0.05, 0) is 63.4 Å². The number of benzene rings is 1. The number of amides is 1. The first-order chi connectivity index (χ1) is 16.2. The SMILES string of the molecule is CCc1cc2c(c(OC(C)C)c(C(=O)N[C@H]3CCCCC3O)n2C)c(=O)n1-c1ccc(F)cc1. The van der Waals surface area contributed by atoms with E-state index < -0.39 is 6.10 Å². The van der Waals surface area contributed by atoms with Crippen LogP contribution >= 0.6 is 0 Å². The predicted molar refractivity (Wildman–Crippen MR) is 129 cm³/mol. The Kier molecular flexibility index (Phi) is 6.79. The standard InChI is InChI=1S/C26H32FN3O4/c1-5-17-14-20-22(26(33)30(17)18-12-10-16(27)11-13-18)24(34-15(2)3)23(29(20)4)25(32)28-19-8-6-7-9-21(19)31/h10-15,19,21,31H,5-9H2,1-4H3,(H,28,32)/t19-,21?/m0/s1. The predicted octanol–water partition coefficient (Wildman–Crippen LogP) is 3.85. The average molecular weight is 470 g/mol. The molecule has 182 valence electrons. The zero-order valence-electron chi connectivity index (χ0n) is 20.1. The van der Waals surface area contributed by atoms with Gasteiger partial charge >= 0.3 is 0 Å². The van der Waals surface area contributed by atoms with Crippen molar-refractivity contribution in [2.75, 3.05) is 0 Å². The number of carbonyl (C=O) groups excluding carboxylic acids is 1. The number of nitrogens with zero attached hydrogens (tertiary/aromatic N) is 2. The van der Waals surface area contributed by atoms with Crippen molar-refractivity contribution in [3.63, 3.8) is 0 Å².